The van der Waals surface area contributed by atoms with Gasteiger partial charge in [-0.2, -0.15) is 0 Å². The predicted molar refractivity (Wildman–Crippen MR) is 63.7 cm³/mol. The molecule has 0 atom stereocenters. The van der Waals surface area contributed by atoms with Gasteiger partial charge in [-0.1, -0.05) is 26.8 Å². The van der Waals surface area contributed by atoms with Crippen LogP contribution < -0.4 is 5.32 Å². The Morgan fingerprint density at radius 3 is 2.38 bits per heavy atom. The summed E-state index contributed by atoms with van der Waals surface area (Å²) in [7, 11) is 0. The van der Waals surface area contributed by atoms with Gasteiger partial charge in [-0.05, 0) is 30.4 Å². The maximum Gasteiger partial charge on any atom is 0.152 e. The van der Waals surface area contributed by atoms with Crippen molar-refractivity contribution < 1.29 is 8.78 Å². The van der Waals surface area contributed by atoms with Crippen LogP contribution >= 0.6 is 0 Å². The molecule has 16 heavy (non-hydrogen) atoms. The average molecular weight is 227 g/mol. The minimum atomic E-state index is -0.531. The van der Waals surface area contributed by atoms with Crippen molar-refractivity contribution in [1.82, 2.24) is 0 Å². The van der Waals surface area contributed by atoms with Gasteiger partial charge >= 0.3 is 0 Å². The Bertz CT molecular complexity index is 367. The molecule has 0 aliphatic rings. The number of aryl methyl sites for hydroxylation is 1. The van der Waals surface area contributed by atoms with E-state index in [1.165, 1.54) is 12.1 Å². The maximum absolute atomic E-state index is 13.6. The summed E-state index contributed by atoms with van der Waals surface area (Å²) in [6.07, 6.45) is 0.861. The van der Waals surface area contributed by atoms with Crippen LogP contribution in [0.2, 0.25) is 0 Å². The minimum absolute atomic E-state index is 0.00995. The zero-order valence-electron chi connectivity index (χ0n) is 10.3. The third kappa shape index (κ3) is 3.47. The summed E-state index contributed by atoms with van der Waals surface area (Å²) in [6, 6.07) is 2.73. The molecule has 1 rings (SSSR count). The summed E-state index contributed by atoms with van der Waals surface area (Å²) in [5, 5.41) is 2.83. The lowest BCUT2D eigenvalue weighted by atomic mass is 9.92. The fraction of sp³-hybridized carbons (Fsp3) is 0.538. The van der Waals surface area contributed by atoms with Crippen LogP contribution in [0.15, 0.2) is 12.1 Å². The Morgan fingerprint density at radius 1 is 1.19 bits per heavy atom. The number of rotatable bonds is 3. The highest BCUT2D eigenvalue weighted by atomic mass is 19.1. The van der Waals surface area contributed by atoms with Crippen LogP contribution in [0.4, 0.5) is 14.5 Å². The molecule has 0 spiro atoms. The van der Waals surface area contributed by atoms with Crippen LogP contribution in [0.25, 0.3) is 0 Å². The fourth-order valence-electron chi connectivity index (χ4n) is 1.38. The van der Waals surface area contributed by atoms with E-state index in [2.05, 4.69) is 26.1 Å². The Hall–Kier alpha value is -1.12. The number of halogens is 2. The molecule has 0 saturated heterocycles. The Balaban J connectivity index is 2.71. The maximum atomic E-state index is 13.6. The lowest BCUT2D eigenvalue weighted by Gasteiger charge is -2.19. The zero-order chi connectivity index (χ0) is 12.3. The lowest BCUT2D eigenvalue weighted by molar-refractivity contribution is 0.389. The van der Waals surface area contributed by atoms with Gasteiger partial charge in [0, 0.05) is 6.54 Å². The first kappa shape index (κ1) is 12.9. The normalized spacial score (nSPS) is 11.6. The molecule has 0 amide bonds. The molecule has 0 radical (unpaired) electrons. The SMILES string of the molecule is Cc1ccc(F)c(NCCC(C)(C)C)c1F. The van der Waals surface area contributed by atoms with Crippen molar-refractivity contribution in [2.75, 3.05) is 11.9 Å². The van der Waals surface area contributed by atoms with Crippen molar-refractivity contribution >= 4 is 5.69 Å². The van der Waals surface area contributed by atoms with E-state index < -0.39 is 11.6 Å². The molecule has 0 aromatic heterocycles. The number of hydrogen-bond donors (Lipinski definition) is 1. The highest BCUT2D eigenvalue weighted by molar-refractivity contribution is 5.48. The molecule has 0 bridgehead atoms. The van der Waals surface area contributed by atoms with Crippen LogP contribution in [0.3, 0.4) is 0 Å². The largest absolute Gasteiger partial charge is 0.380 e. The van der Waals surface area contributed by atoms with Gasteiger partial charge in [-0.25, -0.2) is 8.78 Å². The Labute approximate surface area is 95.9 Å². The number of benzene rings is 1. The van der Waals surface area contributed by atoms with Crippen molar-refractivity contribution in [2.24, 2.45) is 5.41 Å². The van der Waals surface area contributed by atoms with Gasteiger partial charge in [0.2, 0.25) is 0 Å². The van der Waals surface area contributed by atoms with E-state index in [1.807, 2.05) is 0 Å². The van der Waals surface area contributed by atoms with E-state index in [-0.39, 0.29) is 11.1 Å². The first-order valence-corrected chi connectivity index (χ1v) is 5.50. The summed E-state index contributed by atoms with van der Waals surface area (Å²) >= 11 is 0. The molecule has 0 saturated carbocycles. The third-order valence-corrected chi connectivity index (χ3v) is 2.46. The van der Waals surface area contributed by atoms with Crippen LogP contribution in [0.5, 0.6) is 0 Å². The summed E-state index contributed by atoms with van der Waals surface area (Å²) in [6.45, 7) is 8.48. The molecule has 90 valence electrons. The minimum Gasteiger partial charge on any atom is -0.380 e. The summed E-state index contributed by atoms with van der Waals surface area (Å²) < 4.78 is 26.9. The van der Waals surface area contributed by atoms with Crippen molar-refractivity contribution in [3.8, 4) is 0 Å². The van der Waals surface area contributed by atoms with Gasteiger partial charge in [0.05, 0.1) is 0 Å². The molecule has 1 aromatic carbocycles. The predicted octanol–water partition coefficient (Wildman–Crippen LogP) is 4.12. The first-order valence-electron chi connectivity index (χ1n) is 5.50. The van der Waals surface area contributed by atoms with Gasteiger partial charge < -0.3 is 5.32 Å². The second kappa shape index (κ2) is 4.81. The van der Waals surface area contributed by atoms with E-state index in [4.69, 9.17) is 0 Å². The molecule has 0 heterocycles. The summed E-state index contributed by atoms with van der Waals surface area (Å²) in [5.74, 6) is -1.02. The van der Waals surface area contributed by atoms with Crippen molar-refractivity contribution in [1.29, 1.82) is 0 Å². The Kier molecular flexibility index (Phi) is 3.89. The van der Waals surface area contributed by atoms with Crippen LogP contribution in [0.1, 0.15) is 32.8 Å². The average Bonchev–Trinajstić information content (AvgIpc) is 2.16. The van der Waals surface area contributed by atoms with E-state index in [1.54, 1.807) is 6.92 Å². The number of hydrogen-bond acceptors (Lipinski definition) is 1. The summed E-state index contributed by atoms with van der Waals surface area (Å²) in [4.78, 5) is 0. The van der Waals surface area contributed by atoms with E-state index in [0.29, 0.717) is 12.1 Å². The molecule has 0 fully saturated rings. The van der Waals surface area contributed by atoms with Gasteiger partial charge in [0.25, 0.3) is 0 Å². The van der Waals surface area contributed by atoms with Gasteiger partial charge in [0.15, 0.2) is 5.82 Å². The van der Waals surface area contributed by atoms with Gasteiger partial charge in [-0.3, -0.25) is 0 Å². The van der Waals surface area contributed by atoms with Gasteiger partial charge in [0.1, 0.15) is 11.5 Å². The second-order valence-corrected chi connectivity index (χ2v) is 5.29. The van der Waals surface area contributed by atoms with Crippen molar-refractivity contribution in [3.63, 3.8) is 0 Å². The molecular weight excluding hydrogens is 208 g/mol. The molecule has 0 unspecified atom stereocenters. The molecule has 0 aliphatic heterocycles. The molecular formula is C13H19F2N. The second-order valence-electron chi connectivity index (χ2n) is 5.29. The van der Waals surface area contributed by atoms with E-state index in [9.17, 15) is 8.78 Å². The smallest absolute Gasteiger partial charge is 0.152 e. The zero-order valence-corrected chi connectivity index (χ0v) is 10.3. The quantitative estimate of drug-likeness (QED) is 0.819. The molecule has 3 heteroatoms. The number of anilines is 1. The van der Waals surface area contributed by atoms with Gasteiger partial charge in [-0.15, -0.1) is 0 Å². The lowest BCUT2D eigenvalue weighted by Crippen LogP contribution is -2.14. The van der Waals surface area contributed by atoms with Crippen molar-refractivity contribution in [3.05, 3.63) is 29.3 Å². The monoisotopic (exact) mass is 227 g/mol. The fourth-order valence-corrected chi connectivity index (χ4v) is 1.38. The third-order valence-electron chi connectivity index (χ3n) is 2.46. The highest BCUT2D eigenvalue weighted by Gasteiger charge is 2.13. The highest BCUT2D eigenvalue weighted by Crippen LogP contribution is 2.23. The molecule has 1 aromatic rings. The molecule has 0 aliphatic carbocycles. The van der Waals surface area contributed by atoms with Crippen LogP contribution in [-0.2, 0) is 0 Å². The standard InChI is InChI=1S/C13H19F2N/c1-9-5-6-10(14)12(11(9)15)16-8-7-13(2,3)4/h5-6,16H,7-8H2,1-4H3. The van der Waals surface area contributed by atoms with Crippen molar-refractivity contribution in [2.45, 2.75) is 34.1 Å². The Morgan fingerprint density at radius 2 is 1.81 bits per heavy atom. The molecule has 1 N–H and O–H groups in total. The van der Waals surface area contributed by atoms with E-state index in [0.717, 1.165) is 6.42 Å². The van der Waals surface area contributed by atoms with Crippen LogP contribution in [0, 0.1) is 24.0 Å². The van der Waals surface area contributed by atoms with Crippen LogP contribution in [-0.4, -0.2) is 6.54 Å². The molecule has 1 nitrogen and oxygen atoms in total. The topological polar surface area (TPSA) is 12.0 Å². The summed E-state index contributed by atoms with van der Waals surface area (Å²) in [5.41, 5.74) is 0.605. The van der Waals surface area contributed by atoms with E-state index >= 15 is 0 Å². The first-order chi connectivity index (χ1) is 7.31. The number of nitrogens with one attached hydrogen (secondary N) is 1.